The summed E-state index contributed by atoms with van der Waals surface area (Å²) in [6.45, 7) is 2.20. The van der Waals surface area contributed by atoms with Gasteiger partial charge in [-0.3, -0.25) is 14.6 Å². The van der Waals surface area contributed by atoms with E-state index in [1.165, 1.54) is 0 Å². The van der Waals surface area contributed by atoms with Crippen LogP contribution in [0.1, 0.15) is 44.8 Å². The molecule has 0 radical (unpaired) electrons. The number of pyridine rings is 1. The van der Waals surface area contributed by atoms with Gasteiger partial charge in [0, 0.05) is 29.6 Å². The van der Waals surface area contributed by atoms with E-state index in [1.54, 1.807) is 19.2 Å². The Morgan fingerprint density at radius 1 is 1.07 bits per heavy atom. The van der Waals surface area contributed by atoms with Gasteiger partial charge in [-0.1, -0.05) is 12.1 Å². The fourth-order valence-corrected chi connectivity index (χ4v) is 3.15. The first-order chi connectivity index (χ1) is 14.0. The van der Waals surface area contributed by atoms with E-state index in [1.807, 2.05) is 43.3 Å². The number of nitrogens with one attached hydrogen (secondary N) is 2. The lowest BCUT2D eigenvalue weighted by Gasteiger charge is -2.10. The first-order valence-corrected chi connectivity index (χ1v) is 9.67. The molecule has 1 aromatic heterocycles. The third-order valence-corrected chi connectivity index (χ3v) is 5.04. The molecule has 2 amide bonds. The van der Waals surface area contributed by atoms with Gasteiger partial charge in [0.25, 0.3) is 11.8 Å². The number of rotatable bonds is 6. The Balaban J connectivity index is 1.42. The van der Waals surface area contributed by atoms with E-state index in [0.29, 0.717) is 29.4 Å². The molecule has 0 aliphatic heterocycles. The molecule has 4 rings (SSSR count). The third kappa shape index (κ3) is 4.37. The van der Waals surface area contributed by atoms with Crippen LogP contribution in [0.5, 0.6) is 5.75 Å². The van der Waals surface area contributed by atoms with Crippen molar-refractivity contribution in [1.29, 1.82) is 0 Å². The fourth-order valence-electron chi connectivity index (χ4n) is 3.15. The lowest BCUT2D eigenvalue weighted by molar-refractivity contribution is 0.0941. The van der Waals surface area contributed by atoms with Crippen molar-refractivity contribution in [2.24, 2.45) is 0 Å². The molecule has 0 bridgehead atoms. The molecule has 6 nitrogen and oxygen atoms in total. The third-order valence-electron chi connectivity index (χ3n) is 5.04. The molecule has 1 aliphatic rings. The van der Waals surface area contributed by atoms with Gasteiger partial charge in [-0.15, -0.1) is 0 Å². The van der Waals surface area contributed by atoms with E-state index < -0.39 is 0 Å². The average Bonchev–Trinajstić information content (AvgIpc) is 3.55. The molecule has 0 saturated heterocycles. The largest absolute Gasteiger partial charge is 0.497 e. The Labute approximate surface area is 169 Å². The molecule has 148 valence electrons. The van der Waals surface area contributed by atoms with Crippen LogP contribution >= 0.6 is 0 Å². The quantitative estimate of drug-likeness (QED) is 0.677. The highest BCUT2D eigenvalue weighted by Crippen LogP contribution is 2.22. The molecule has 2 aromatic carbocycles. The van der Waals surface area contributed by atoms with Crippen molar-refractivity contribution in [2.75, 3.05) is 7.11 Å². The number of hydrogen-bond acceptors (Lipinski definition) is 4. The molecule has 1 saturated carbocycles. The first kappa shape index (κ1) is 18.9. The van der Waals surface area contributed by atoms with Crippen molar-refractivity contribution in [3.05, 3.63) is 70.9 Å². The summed E-state index contributed by atoms with van der Waals surface area (Å²) in [4.78, 5) is 29.3. The highest BCUT2D eigenvalue weighted by molar-refractivity contribution is 5.98. The molecule has 0 unspecified atom stereocenters. The number of carbonyl (C=O) groups excluding carboxylic acids is 2. The molecule has 3 aromatic rings. The van der Waals surface area contributed by atoms with Crippen molar-refractivity contribution in [1.82, 2.24) is 15.6 Å². The molecule has 6 heteroatoms. The van der Waals surface area contributed by atoms with Gasteiger partial charge in [0.15, 0.2) is 0 Å². The Kier molecular flexibility index (Phi) is 5.16. The molecular formula is C23H23N3O3. The normalized spacial score (nSPS) is 13.2. The first-order valence-electron chi connectivity index (χ1n) is 9.67. The molecule has 1 heterocycles. The van der Waals surface area contributed by atoms with Crippen molar-refractivity contribution < 1.29 is 14.3 Å². The van der Waals surface area contributed by atoms with E-state index in [9.17, 15) is 9.59 Å². The van der Waals surface area contributed by atoms with Gasteiger partial charge in [0.2, 0.25) is 0 Å². The Morgan fingerprint density at radius 3 is 2.52 bits per heavy atom. The summed E-state index contributed by atoms with van der Waals surface area (Å²) in [5.41, 5.74) is 3.56. The molecular weight excluding hydrogens is 366 g/mol. The molecule has 1 aliphatic carbocycles. The van der Waals surface area contributed by atoms with Crippen molar-refractivity contribution in [3.63, 3.8) is 0 Å². The highest BCUT2D eigenvalue weighted by atomic mass is 16.5. The van der Waals surface area contributed by atoms with E-state index in [4.69, 9.17) is 4.74 Å². The van der Waals surface area contributed by atoms with Gasteiger partial charge in [-0.2, -0.15) is 0 Å². The summed E-state index contributed by atoms with van der Waals surface area (Å²) in [6.07, 6.45) is 2.12. The van der Waals surface area contributed by atoms with Gasteiger partial charge in [-0.25, -0.2) is 0 Å². The Morgan fingerprint density at radius 2 is 1.83 bits per heavy atom. The number of methoxy groups -OCH3 is 1. The van der Waals surface area contributed by atoms with Crippen LogP contribution in [0.25, 0.3) is 10.9 Å². The summed E-state index contributed by atoms with van der Waals surface area (Å²) in [5.74, 6) is 0.511. The highest BCUT2D eigenvalue weighted by Gasteiger charge is 2.23. The van der Waals surface area contributed by atoms with Crippen LogP contribution in [0, 0.1) is 6.92 Å². The monoisotopic (exact) mass is 389 g/mol. The van der Waals surface area contributed by atoms with Gasteiger partial charge >= 0.3 is 0 Å². The Hall–Kier alpha value is -3.41. The number of benzene rings is 2. The van der Waals surface area contributed by atoms with Gasteiger partial charge in [0.05, 0.1) is 23.9 Å². The van der Waals surface area contributed by atoms with Gasteiger partial charge < -0.3 is 15.4 Å². The second-order valence-corrected chi connectivity index (χ2v) is 7.31. The van der Waals surface area contributed by atoms with E-state index in [2.05, 4.69) is 15.6 Å². The summed E-state index contributed by atoms with van der Waals surface area (Å²) in [5, 5.41) is 6.78. The lowest BCUT2D eigenvalue weighted by atomic mass is 10.1. The summed E-state index contributed by atoms with van der Waals surface area (Å²) in [6, 6.07) is 15.1. The minimum Gasteiger partial charge on any atom is -0.497 e. The second-order valence-electron chi connectivity index (χ2n) is 7.31. The zero-order valence-electron chi connectivity index (χ0n) is 16.5. The predicted octanol–water partition coefficient (Wildman–Crippen LogP) is 3.37. The number of carbonyl (C=O) groups is 2. The number of hydrogen-bond donors (Lipinski definition) is 2. The van der Waals surface area contributed by atoms with E-state index in [-0.39, 0.29) is 11.8 Å². The lowest BCUT2D eigenvalue weighted by Crippen LogP contribution is -2.25. The summed E-state index contributed by atoms with van der Waals surface area (Å²) < 4.78 is 5.23. The summed E-state index contributed by atoms with van der Waals surface area (Å²) in [7, 11) is 1.61. The average molecular weight is 389 g/mol. The van der Waals surface area contributed by atoms with Crippen LogP contribution in [0.15, 0.2) is 48.5 Å². The SMILES string of the molecule is COc1ccc2cc(C(=O)NCc3ccc(C(=O)NC4CC4)cc3)c(C)nc2c1. The topological polar surface area (TPSA) is 80.3 Å². The van der Waals surface area contributed by atoms with Crippen LogP contribution in [0.4, 0.5) is 0 Å². The number of nitrogens with zero attached hydrogens (tertiary/aromatic N) is 1. The Bertz CT molecular complexity index is 1070. The second kappa shape index (κ2) is 7.91. The smallest absolute Gasteiger partial charge is 0.253 e. The number of aryl methyl sites for hydroxylation is 1. The molecule has 1 fully saturated rings. The number of aromatic nitrogens is 1. The van der Waals surface area contributed by atoms with Gasteiger partial charge in [-0.05, 0) is 55.7 Å². The molecule has 2 N–H and O–H groups in total. The predicted molar refractivity (Wildman–Crippen MR) is 111 cm³/mol. The maximum Gasteiger partial charge on any atom is 0.253 e. The minimum atomic E-state index is -0.178. The maximum absolute atomic E-state index is 12.7. The van der Waals surface area contributed by atoms with E-state index >= 15 is 0 Å². The molecule has 0 atom stereocenters. The fraction of sp³-hybridized carbons (Fsp3) is 0.261. The van der Waals surface area contributed by atoms with Crippen LogP contribution < -0.4 is 15.4 Å². The minimum absolute atomic E-state index is 0.0439. The van der Waals surface area contributed by atoms with Crippen LogP contribution in [0.3, 0.4) is 0 Å². The molecule has 29 heavy (non-hydrogen) atoms. The van der Waals surface area contributed by atoms with Crippen LogP contribution in [-0.2, 0) is 6.54 Å². The standard InChI is InChI=1S/C23H23N3O3/c1-14-20(11-17-7-10-19(29-2)12-21(17)25-14)23(28)24-13-15-3-5-16(6-4-15)22(27)26-18-8-9-18/h3-7,10-12,18H,8-9,13H2,1-2H3,(H,24,28)(H,26,27). The number of ether oxygens (including phenoxy) is 1. The number of fused-ring (bicyclic) bond motifs is 1. The maximum atomic E-state index is 12.7. The van der Waals surface area contributed by atoms with Crippen molar-refractivity contribution in [3.8, 4) is 5.75 Å². The van der Waals surface area contributed by atoms with Gasteiger partial charge in [0.1, 0.15) is 5.75 Å². The van der Waals surface area contributed by atoms with E-state index in [0.717, 1.165) is 35.1 Å². The summed E-state index contributed by atoms with van der Waals surface area (Å²) >= 11 is 0. The zero-order valence-corrected chi connectivity index (χ0v) is 16.5. The number of amides is 2. The van der Waals surface area contributed by atoms with Crippen molar-refractivity contribution >= 4 is 22.7 Å². The zero-order chi connectivity index (χ0) is 20.4. The van der Waals surface area contributed by atoms with Crippen LogP contribution in [-0.4, -0.2) is 29.9 Å². The molecule has 0 spiro atoms. The van der Waals surface area contributed by atoms with Crippen molar-refractivity contribution in [2.45, 2.75) is 32.4 Å². The van der Waals surface area contributed by atoms with Crippen LogP contribution in [0.2, 0.25) is 0 Å².